The van der Waals surface area contributed by atoms with Gasteiger partial charge >= 0.3 is 0 Å². The zero-order valence-corrected chi connectivity index (χ0v) is 13.0. The van der Waals surface area contributed by atoms with Crippen LogP contribution in [0.3, 0.4) is 0 Å². The average Bonchev–Trinajstić information content (AvgIpc) is 2.54. The summed E-state index contributed by atoms with van der Waals surface area (Å²) < 4.78 is 0. The zero-order chi connectivity index (χ0) is 15.8. The summed E-state index contributed by atoms with van der Waals surface area (Å²) in [5.74, 6) is 0.538. The summed E-state index contributed by atoms with van der Waals surface area (Å²) in [6.07, 6.45) is 0. The molecule has 7 heteroatoms. The van der Waals surface area contributed by atoms with E-state index in [-0.39, 0.29) is 0 Å². The standard InChI is InChI=1S/C15H20N4O3/c1-11(2)17-22-10-12-6-4-5-7-13(12)14(18-20-3)15-16-8-9-21-19-15/h4-7H,8-10H2,1-3H3,(H,16,19)/b18-14+. The maximum atomic E-state index is 5.34. The summed E-state index contributed by atoms with van der Waals surface area (Å²) >= 11 is 0. The van der Waals surface area contributed by atoms with Gasteiger partial charge in [-0.05, 0) is 13.8 Å². The van der Waals surface area contributed by atoms with Crippen LogP contribution >= 0.6 is 0 Å². The molecule has 1 aliphatic heterocycles. The lowest BCUT2D eigenvalue weighted by molar-refractivity contribution is 0.0836. The van der Waals surface area contributed by atoms with E-state index in [0.717, 1.165) is 16.8 Å². The van der Waals surface area contributed by atoms with Gasteiger partial charge in [0.15, 0.2) is 11.5 Å². The Labute approximate surface area is 129 Å². The maximum absolute atomic E-state index is 5.34. The third-order valence-corrected chi connectivity index (χ3v) is 2.78. The molecule has 1 aliphatic rings. The van der Waals surface area contributed by atoms with Crippen molar-refractivity contribution in [3.05, 3.63) is 35.4 Å². The Kier molecular flexibility index (Phi) is 5.91. The van der Waals surface area contributed by atoms with Gasteiger partial charge in [-0.2, -0.15) is 0 Å². The molecule has 0 saturated carbocycles. The lowest BCUT2D eigenvalue weighted by Gasteiger charge is -2.17. The lowest BCUT2D eigenvalue weighted by Crippen LogP contribution is -2.37. The number of benzene rings is 1. The maximum Gasteiger partial charge on any atom is 0.175 e. The van der Waals surface area contributed by atoms with Gasteiger partial charge in [-0.1, -0.05) is 34.6 Å². The number of nitrogens with one attached hydrogen (secondary N) is 1. The van der Waals surface area contributed by atoms with Crippen molar-refractivity contribution in [3.8, 4) is 0 Å². The number of oxime groups is 2. The van der Waals surface area contributed by atoms with Crippen molar-refractivity contribution in [1.82, 2.24) is 5.48 Å². The van der Waals surface area contributed by atoms with Gasteiger partial charge in [-0.15, -0.1) is 0 Å². The number of nitrogens with zero attached hydrogens (tertiary/aromatic N) is 3. The van der Waals surface area contributed by atoms with Crippen LogP contribution in [0.2, 0.25) is 0 Å². The van der Waals surface area contributed by atoms with Crippen molar-refractivity contribution < 1.29 is 14.5 Å². The molecule has 0 bridgehead atoms. The molecule has 0 spiro atoms. The van der Waals surface area contributed by atoms with Gasteiger partial charge in [0.2, 0.25) is 0 Å². The Hall–Kier alpha value is -2.41. The highest BCUT2D eigenvalue weighted by atomic mass is 16.6. The predicted octanol–water partition coefficient (Wildman–Crippen LogP) is 1.88. The summed E-state index contributed by atoms with van der Waals surface area (Å²) in [4.78, 5) is 19.9. The lowest BCUT2D eigenvalue weighted by atomic mass is 10.0. The second-order valence-corrected chi connectivity index (χ2v) is 4.77. The van der Waals surface area contributed by atoms with Crippen LogP contribution in [-0.4, -0.2) is 37.5 Å². The van der Waals surface area contributed by atoms with E-state index in [1.165, 1.54) is 7.11 Å². The first-order chi connectivity index (χ1) is 10.7. The average molecular weight is 304 g/mol. The Bertz CT molecular complexity index is 592. The first-order valence-corrected chi connectivity index (χ1v) is 6.97. The topological polar surface area (TPSA) is 76.8 Å². The van der Waals surface area contributed by atoms with E-state index >= 15 is 0 Å². The van der Waals surface area contributed by atoms with E-state index in [0.29, 0.717) is 31.3 Å². The van der Waals surface area contributed by atoms with E-state index in [1.54, 1.807) is 0 Å². The van der Waals surface area contributed by atoms with Crippen LogP contribution in [0.25, 0.3) is 0 Å². The predicted molar refractivity (Wildman–Crippen MR) is 84.9 cm³/mol. The number of hydrogen-bond acceptors (Lipinski definition) is 7. The summed E-state index contributed by atoms with van der Waals surface area (Å²) in [5.41, 5.74) is 5.98. The van der Waals surface area contributed by atoms with E-state index in [9.17, 15) is 0 Å². The van der Waals surface area contributed by atoms with Gasteiger partial charge < -0.3 is 9.68 Å². The monoisotopic (exact) mass is 304 g/mol. The molecule has 22 heavy (non-hydrogen) atoms. The molecule has 0 radical (unpaired) electrons. The summed E-state index contributed by atoms with van der Waals surface area (Å²) in [6.45, 7) is 5.18. The molecule has 0 amide bonds. The van der Waals surface area contributed by atoms with Crippen molar-refractivity contribution in [2.45, 2.75) is 20.5 Å². The number of rotatable bonds is 6. The molecule has 0 unspecified atom stereocenters. The SMILES string of the molecule is CO/N=C(/C1=NCCON1)c1ccccc1CON=C(C)C. The molecule has 1 aromatic rings. The van der Waals surface area contributed by atoms with Crippen molar-refractivity contribution in [2.75, 3.05) is 20.3 Å². The molecular formula is C15H20N4O3. The van der Waals surface area contributed by atoms with Gasteiger partial charge in [0, 0.05) is 11.1 Å². The van der Waals surface area contributed by atoms with Crippen molar-refractivity contribution in [3.63, 3.8) is 0 Å². The van der Waals surface area contributed by atoms with Crippen LogP contribution in [0.4, 0.5) is 0 Å². The Balaban J connectivity index is 2.29. The molecule has 118 valence electrons. The fraction of sp³-hybridized carbons (Fsp3) is 0.400. The first-order valence-electron chi connectivity index (χ1n) is 6.97. The minimum Gasteiger partial charge on any atom is -0.399 e. The van der Waals surface area contributed by atoms with E-state index in [2.05, 4.69) is 20.8 Å². The van der Waals surface area contributed by atoms with Crippen LogP contribution < -0.4 is 5.48 Å². The van der Waals surface area contributed by atoms with Gasteiger partial charge in [0.1, 0.15) is 13.7 Å². The van der Waals surface area contributed by atoms with Crippen LogP contribution in [0.15, 0.2) is 39.6 Å². The van der Waals surface area contributed by atoms with Crippen LogP contribution in [0.1, 0.15) is 25.0 Å². The van der Waals surface area contributed by atoms with E-state index in [1.807, 2.05) is 38.1 Å². The fourth-order valence-electron chi connectivity index (χ4n) is 1.90. The largest absolute Gasteiger partial charge is 0.399 e. The number of aliphatic imine (C=N–C) groups is 1. The smallest absolute Gasteiger partial charge is 0.175 e. The highest BCUT2D eigenvalue weighted by molar-refractivity contribution is 6.47. The molecule has 0 fully saturated rings. The number of hydrogen-bond donors (Lipinski definition) is 1. The second kappa shape index (κ2) is 8.14. The summed E-state index contributed by atoms with van der Waals surface area (Å²) in [6, 6.07) is 7.73. The minimum atomic E-state index is 0.332. The first kappa shape index (κ1) is 16.0. The van der Waals surface area contributed by atoms with Gasteiger partial charge in [-0.25, -0.2) is 5.48 Å². The summed E-state index contributed by atoms with van der Waals surface area (Å²) in [5, 5.41) is 8.03. The molecule has 0 atom stereocenters. The van der Waals surface area contributed by atoms with E-state index in [4.69, 9.17) is 14.5 Å². The van der Waals surface area contributed by atoms with Crippen LogP contribution in [0.5, 0.6) is 0 Å². The molecule has 1 heterocycles. The molecule has 7 nitrogen and oxygen atoms in total. The normalized spacial score (nSPS) is 14.7. The van der Waals surface area contributed by atoms with Crippen LogP contribution in [-0.2, 0) is 21.1 Å². The van der Waals surface area contributed by atoms with Gasteiger partial charge in [0.05, 0.1) is 18.9 Å². The second-order valence-electron chi connectivity index (χ2n) is 4.77. The highest BCUT2D eigenvalue weighted by Crippen LogP contribution is 2.13. The van der Waals surface area contributed by atoms with Crippen molar-refractivity contribution >= 4 is 17.3 Å². The Morgan fingerprint density at radius 1 is 1.32 bits per heavy atom. The van der Waals surface area contributed by atoms with Crippen molar-refractivity contribution in [1.29, 1.82) is 0 Å². The molecule has 1 aromatic carbocycles. The molecule has 1 N–H and O–H groups in total. The van der Waals surface area contributed by atoms with Gasteiger partial charge in [-0.3, -0.25) is 9.83 Å². The zero-order valence-electron chi connectivity index (χ0n) is 13.0. The third-order valence-electron chi connectivity index (χ3n) is 2.78. The molecule has 2 rings (SSSR count). The molecule has 0 aliphatic carbocycles. The van der Waals surface area contributed by atoms with Gasteiger partial charge in [0.25, 0.3) is 0 Å². The molecular weight excluding hydrogens is 284 g/mol. The van der Waals surface area contributed by atoms with Crippen LogP contribution in [0, 0.1) is 0 Å². The number of amidine groups is 1. The highest BCUT2D eigenvalue weighted by Gasteiger charge is 2.18. The Morgan fingerprint density at radius 2 is 2.14 bits per heavy atom. The molecule has 0 aromatic heterocycles. The quantitative estimate of drug-likeness (QED) is 0.643. The fourth-order valence-corrected chi connectivity index (χ4v) is 1.90. The number of hydroxylamine groups is 1. The molecule has 0 saturated heterocycles. The van der Waals surface area contributed by atoms with Crippen molar-refractivity contribution in [2.24, 2.45) is 15.3 Å². The third kappa shape index (κ3) is 4.29. The summed E-state index contributed by atoms with van der Waals surface area (Å²) in [7, 11) is 1.49. The Morgan fingerprint density at radius 3 is 2.82 bits per heavy atom. The van der Waals surface area contributed by atoms with E-state index < -0.39 is 0 Å². The minimum absolute atomic E-state index is 0.332.